The summed E-state index contributed by atoms with van der Waals surface area (Å²) in [5.41, 5.74) is 2.75. The summed E-state index contributed by atoms with van der Waals surface area (Å²) in [6.07, 6.45) is 2.75. The first kappa shape index (κ1) is 25.5. The Balaban J connectivity index is 1.29. The summed E-state index contributed by atoms with van der Waals surface area (Å²) in [6, 6.07) is 9.10. The van der Waals surface area contributed by atoms with Gasteiger partial charge >= 0.3 is 6.03 Å². The molecule has 0 spiro atoms. The first-order valence-electron chi connectivity index (χ1n) is 12.8. The number of amides is 2. The minimum atomic E-state index is -0.548. The summed E-state index contributed by atoms with van der Waals surface area (Å²) >= 11 is 1.40. The third-order valence-corrected chi connectivity index (χ3v) is 8.06. The summed E-state index contributed by atoms with van der Waals surface area (Å²) in [5.74, 6) is -0.795. The van der Waals surface area contributed by atoms with Gasteiger partial charge < -0.3 is 20.3 Å². The van der Waals surface area contributed by atoms with E-state index >= 15 is 0 Å². The van der Waals surface area contributed by atoms with Crippen molar-refractivity contribution >= 4 is 33.4 Å². The van der Waals surface area contributed by atoms with Gasteiger partial charge in [0.25, 0.3) is 0 Å². The van der Waals surface area contributed by atoms with Crippen LogP contribution in [0.25, 0.3) is 31.8 Å². The maximum Gasteiger partial charge on any atom is 0.317 e. The average Bonchev–Trinajstić information content (AvgIpc) is 3.57. The van der Waals surface area contributed by atoms with Gasteiger partial charge in [-0.2, -0.15) is 4.39 Å². The Morgan fingerprint density at radius 3 is 2.77 bits per heavy atom. The number of hydrogen-bond acceptors (Lipinski definition) is 8. The number of nitrogens with one attached hydrogen (secondary N) is 2. The Bertz CT molecular complexity index is 1510. The average molecular weight is 552 g/mol. The number of rotatable bonds is 8. The molecule has 0 atom stereocenters. The third kappa shape index (κ3) is 5.54. The van der Waals surface area contributed by atoms with Crippen molar-refractivity contribution in [3.05, 3.63) is 60.1 Å². The van der Waals surface area contributed by atoms with Gasteiger partial charge in [-0.05, 0) is 22.6 Å². The van der Waals surface area contributed by atoms with Crippen LogP contribution in [0.3, 0.4) is 0 Å². The molecule has 2 saturated heterocycles. The molecular weight excluding hydrogens is 524 g/mol. The van der Waals surface area contributed by atoms with Crippen molar-refractivity contribution in [3.63, 3.8) is 0 Å². The highest BCUT2D eigenvalue weighted by Gasteiger charge is 2.20. The van der Waals surface area contributed by atoms with Gasteiger partial charge in [-0.15, -0.1) is 11.3 Å². The smallest absolute Gasteiger partial charge is 0.317 e. The third-order valence-electron chi connectivity index (χ3n) is 6.87. The molecule has 5 heterocycles. The van der Waals surface area contributed by atoms with Gasteiger partial charge in [0.2, 0.25) is 11.9 Å². The monoisotopic (exact) mass is 551 g/mol. The second-order valence-electron chi connectivity index (χ2n) is 9.42. The number of fused-ring (bicyclic) bond motifs is 1. The molecule has 12 heteroatoms. The van der Waals surface area contributed by atoms with E-state index in [1.54, 1.807) is 11.1 Å². The molecule has 202 valence electrons. The Morgan fingerprint density at radius 1 is 1.08 bits per heavy atom. The zero-order chi connectivity index (χ0) is 26.8. The Morgan fingerprint density at radius 2 is 1.95 bits per heavy atom. The van der Waals surface area contributed by atoms with E-state index in [4.69, 9.17) is 4.74 Å². The van der Waals surface area contributed by atoms with Crippen molar-refractivity contribution in [3.8, 4) is 21.7 Å². The van der Waals surface area contributed by atoms with Gasteiger partial charge in [0, 0.05) is 68.3 Å². The fraction of sp³-hybridized carbons (Fsp3) is 0.333. The predicted octanol–water partition coefficient (Wildman–Crippen LogP) is 3.97. The van der Waals surface area contributed by atoms with Crippen molar-refractivity contribution in [1.29, 1.82) is 0 Å². The van der Waals surface area contributed by atoms with Crippen LogP contribution < -0.4 is 10.6 Å². The van der Waals surface area contributed by atoms with Crippen LogP contribution in [0.5, 0.6) is 0 Å². The highest BCUT2D eigenvalue weighted by Crippen LogP contribution is 2.40. The second-order valence-corrected chi connectivity index (χ2v) is 10.5. The molecule has 0 aliphatic carbocycles. The van der Waals surface area contributed by atoms with Crippen LogP contribution in [0.4, 0.5) is 19.5 Å². The van der Waals surface area contributed by atoms with Crippen LogP contribution in [0, 0.1) is 11.8 Å². The fourth-order valence-corrected chi connectivity index (χ4v) is 6.06. The molecule has 3 aromatic heterocycles. The topological polar surface area (TPSA) is 95.5 Å². The van der Waals surface area contributed by atoms with E-state index < -0.39 is 11.8 Å². The summed E-state index contributed by atoms with van der Waals surface area (Å²) < 4.78 is 35.7. The molecule has 0 saturated carbocycles. The fourth-order valence-electron chi connectivity index (χ4n) is 4.88. The molecule has 0 radical (unpaired) electrons. The lowest BCUT2D eigenvalue weighted by Crippen LogP contribution is -2.35. The number of pyridine rings is 1. The lowest BCUT2D eigenvalue weighted by atomic mass is 10.00. The number of morpholine rings is 1. The van der Waals surface area contributed by atoms with Crippen molar-refractivity contribution in [2.45, 2.75) is 6.54 Å². The molecule has 4 aromatic rings. The van der Waals surface area contributed by atoms with E-state index in [2.05, 4.69) is 30.5 Å². The first-order chi connectivity index (χ1) is 19.0. The SMILES string of the molecule is O=C1NCCN1CCNc1ncc(F)c(-c2cc3cccc(-c4cc(F)ncc4CN4CCOCC4)c3s2)n1. The summed E-state index contributed by atoms with van der Waals surface area (Å²) in [4.78, 5) is 28.8. The Hall–Kier alpha value is -3.74. The molecule has 9 nitrogen and oxygen atoms in total. The highest BCUT2D eigenvalue weighted by atomic mass is 32.1. The standard InChI is InChI=1S/C27H27F2N7O2S/c28-21-15-33-26(30-4-6-36-7-5-31-27(36)37)34-24(21)22-12-17-2-1-3-19(25(17)39-22)20-13-23(29)32-14-18(20)16-35-8-10-38-11-9-35/h1-3,12-15H,4-11,16H2,(H,31,37)(H,30,33,34). The van der Waals surface area contributed by atoms with Crippen LogP contribution in [-0.4, -0.2) is 83.3 Å². The zero-order valence-corrected chi connectivity index (χ0v) is 21.9. The molecule has 1 aromatic carbocycles. The number of carbonyl (C=O) groups is 1. The minimum absolute atomic E-state index is 0.0965. The van der Waals surface area contributed by atoms with E-state index in [9.17, 15) is 13.6 Å². The number of ether oxygens (including phenoxy) is 1. The van der Waals surface area contributed by atoms with Crippen LogP contribution >= 0.6 is 11.3 Å². The molecule has 2 N–H and O–H groups in total. The number of thiophene rings is 1. The van der Waals surface area contributed by atoms with Gasteiger partial charge in [-0.25, -0.2) is 24.1 Å². The van der Waals surface area contributed by atoms with E-state index in [1.807, 2.05) is 24.3 Å². The molecule has 6 rings (SSSR count). The van der Waals surface area contributed by atoms with Crippen molar-refractivity contribution < 1.29 is 18.3 Å². The maximum absolute atomic E-state index is 14.9. The number of anilines is 1. The summed E-state index contributed by atoms with van der Waals surface area (Å²) in [5, 5.41) is 6.76. The molecule has 2 aliphatic heterocycles. The van der Waals surface area contributed by atoms with E-state index in [-0.39, 0.29) is 17.7 Å². The van der Waals surface area contributed by atoms with E-state index in [0.717, 1.165) is 46.1 Å². The number of nitrogens with zero attached hydrogens (tertiary/aromatic N) is 5. The molecular formula is C27H27F2N7O2S. The van der Waals surface area contributed by atoms with Crippen molar-refractivity contribution in [1.82, 2.24) is 30.1 Å². The van der Waals surface area contributed by atoms with Crippen LogP contribution in [-0.2, 0) is 11.3 Å². The summed E-state index contributed by atoms with van der Waals surface area (Å²) in [7, 11) is 0. The predicted molar refractivity (Wildman–Crippen MR) is 146 cm³/mol. The number of aromatic nitrogens is 3. The van der Waals surface area contributed by atoms with Gasteiger partial charge in [0.05, 0.1) is 24.3 Å². The number of hydrogen-bond donors (Lipinski definition) is 2. The van der Waals surface area contributed by atoms with Gasteiger partial charge in [0.15, 0.2) is 5.82 Å². The first-order valence-corrected chi connectivity index (χ1v) is 13.6. The number of benzene rings is 1. The molecule has 0 unspecified atom stereocenters. The van der Waals surface area contributed by atoms with Crippen molar-refractivity contribution in [2.75, 3.05) is 57.8 Å². The largest absolute Gasteiger partial charge is 0.379 e. The van der Waals surface area contributed by atoms with Crippen molar-refractivity contribution in [2.24, 2.45) is 0 Å². The van der Waals surface area contributed by atoms with Gasteiger partial charge in [0.1, 0.15) is 5.69 Å². The van der Waals surface area contributed by atoms with Gasteiger partial charge in [-0.1, -0.05) is 18.2 Å². The van der Waals surface area contributed by atoms with E-state index in [0.29, 0.717) is 50.8 Å². The molecule has 2 amide bonds. The van der Waals surface area contributed by atoms with Crippen LogP contribution in [0.15, 0.2) is 42.7 Å². The van der Waals surface area contributed by atoms with Crippen LogP contribution in [0.2, 0.25) is 0 Å². The Kier molecular flexibility index (Phi) is 7.31. The highest BCUT2D eigenvalue weighted by molar-refractivity contribution is 7.22. The van der Waals surface area contributed by atoms with E-state index in [1.165, 1.54) is 17.4 Å². The maximum atomic E-state index is 14.9. The van der Waals surface area contributed by atoms with Gasteiger partial charge in [-0.3, -0.25) is 4.90 Å². The zero-order valence-electron chi connectivity index (χ0n) is 21.1. The second kappa shape index (κ2) is 11.2. The lowest BCUT2D eigenvalue weighted by Gasteiger charge is -2.27. The lowest BCUT2D eigenvalue weighted by molar-refractivity contribution is 0.0342. The molecule has 2 fully saturated rings. The number of carbonyl (C=O) groups excluding carboxylic acids is 1. The quantitative estimate of drug-likeness (QED) is 0.320. The molecule has 0 bridgehead atoms. The number of urea groups is 1. The summed E-state index contributed by atoms with van der Waals surface area (Å²) in [6.45, 7) is 5.79. The molecule has 39 heavy (non-hydrogen) atoms. The minimum Gasteiger partial charge on any atom is -0.379 e. The molecule has 2 aliphatic rings. The Labute approximate surface area is 227 Å². The van der Waals surface area contributed by atoms with Crippen LogP contribution in [0.1, 0.15) is 5.56 Å². The number of halogens is 2. The normalized spacial score (nSPS) is 16.2.